The molecule has 4 atom stereocenters. The van der Waals surface area contributed by atoms with Crippen LogP contribution in [0.25, 0.3) is 0 Å². The van der Waals surface area contributed by atoms with Crippen molar-refractivity contribution in [2.75, 3.05) is 25.2 Å². The van der Waals surface area contributed by atoms with E-state index in [-0.39, 0.29) is 25.9 Å². The molecule has 5 amide bonds. The summed E-state index contributed by atoms with van der Waals surface area (Å²) in [6.45, 7) is 3.87. The average Bonchev–Trinajstić information content (AvgIpc) is 3.28. The van der Waals surface area contributed by atoms with Crippen molar-refractivity contribution in [1.82, 2.24) is 20.6 Å². The molecule has 0 saturated carbocycles. The molecule has 196 valence electrons. The predicted octanol–water partition coefficient (Wildman–Crippen LogP) is -0.248. The van der Waals surface area contributed by atoms with Gasteiger partial charge in [0.2, 0.25) is 18.2 Å². The summed E-state index contributed by atoms with van der Waals surface area (Å²) in [5.41, 5.74) is 0. The van der Waals surface area contributed by atoms with E-state index in [1.165, 1.54) is 16.7 Å². The van der Waals surface area contributed by atoms with E-state index in [1.54, 1.807) is 6.92 Å². The number of carbonyl (C=O) groups is 6. The van der Waals surface area contributed by atoms with Gasteiger partial charge in [-0.1, -0.05) is 13.3 Å². The van der Waals surface area contributed by atoms with Gasteiger partial charge in [-0.15, -0.1) is 5.06 Å². The molecule has 0 aromatic heterocycles. The molecule has 0 aliphatic carbocycles. The van der Waals surface area contributed by atoms with Crippen LogP contribution >= 0.6 is 11.8 Å². The van der Waals surface area contributed by atoms with Crippen molar-refractivity contribution < 1.29 is 38.3 Å². The third-order valence-electron chi connectivity index (χ3n) is 5.83. The Kier molecular flexibility index (Phi) is 11.4. The van der Waals surface area contributed by atoms with Gasteiger partial charge >= 0.3 is 5.97 Å². The number of unbranched alkanes of at least 4 members (excludes halogenated alkanes) is 1. The highest BCUT2D eigenvalue weighted by Crippen LogP contribution is 2.24. The number of likely N-dealkylation sites (tertiary alicyclic amines) is 1. The van der Waals surface area contributed by atoms with Gasteiger partial charge in [0, 0.05) is 25.5 Å². The summed E-state index contributed by atoms with van der Waals surface area (Å²) < 4.78 is 5.59. The topological polar surface area (TPSA) is 151 Å². The maximum atomic E-state index is 13.3. The minimum Gasteiger partial charge on any atom is -0.379 e. The van der Waals surface area contributed by atoms with Crippen LogP contribution in [0.5, 0.6) is 0 Å². The van der Waals surface area contributed by atoms with Crippen molar-refractivity contribution >= 4 is 47.8 Å². The fourth-order valence-corrected chi connectivity index (χ4v) is 4.40. The van der Waals surface area contributed by atoms with Crippen LogP contribution in [0.1, 0.15) is 52.4 Å². The molecular formula is C22H34N4O8S. The lowest BCUT2D eigenvalue weighted by Crippen LogP contribution is -2.54. The molecule has 2 N–H and O–H groups in total. The minimum absolute atomic E-state index is 0.0521. The van der Waals surface area contributed by atoms with E-state index in [0.29, 0.717) is 30.3 Å². The van der Waals surface area contributed by atoms with Crippen molar-refractivity contribution in [3.05, 3.63) is 0 Å². The molecule has 2 heterocycles. The van der Waals surface area contributed by atoms with Crippen LogP contribution in [0.2, 0.25) is 0 Å². The predicted molar refractivity (Wildman–Crippen MR) is 126 cm³/mol. The van der Waals surface area contributed by atoms with E-state index >= 15 is 0 Å². The molecule has 0 radical (unpaired) electrons. The van der Waals surface area contributed by atoms with Gasteiger partial charge in [0.15, 0.2) is 6.04 Å². The Morgan fingerprint density at radius 2 is 1.91 bits per heavy atom. The van der Waals surface area contributed by atoms with E-state index in [0.717, 1.165) is 12.8 Å². The van der Waals surface area contributed by atoms with Gasteiger partial charge in [-0.3, -0.25) is 24.0 Å². The lowest BCUT2D eigenvalue weighted by molar-refractivity contribution is -0.203. The maximum absolute atomic E-state index is 13.3. The number of hydrogen-bond acceptors (Lipinski definition) is 9. The van der Waals surface area contributed by atoms with E-state index < -0.39 is 53.8 Å². The number of hydrogen-bond donors (Lipinski definition) is 2. The van der Waals surface area contributed by atoms with Crippen LogP contribution in [-0.4, -0.2) is 95.4 Å². The fraction of sp³-hybridized carbons (Fsp3) is 0.727. The SMILES string of the molecule is CCCCOC[C@@H](C(=O)ON1C(=O)CCC1=O)N1C(=O)[C@@H](NC(=O)[C@H](CCSC)NC=O)CC1C. The zero-order valence-electron chi connectivity index (χ0n) is 20.3. The minimum atomic E-state index is -1.21. The van der Waals surface area contributed by atoms with Gasteiger partial charge in [-0.2, -0.15) is 11.8 Å². The number of nitrogens with zero attached hydrogens (tertiary/aromatic N) is 2. The summed E-state index contributed by atoms with van der Waals surface area (Å²) in [6.07, 6.45) is 4.44. The third-order valence-corrected chi connectivity index (χ3v) is 6.47. The number of rotatable bonds is 15. The Balaban J connectivity index is 2.14. The van der Waals surface area contributed by atoms with Crippen LogP contribution in [0.15, 0.2) is 0 Å². The normalized spacial score (nSPS) is 21.7. The number of thioether (sulfide) groups is 1. The molecular weight excluding hydrogens is 480 g/mol. The first-order valence-electron chi connectivity index (χ1n) is 11.7. The lowest BCUT2D eigenvalue weighted by atomic mass is 10.1. The Morgan fingerprint density at radius 1 is 1.23 bits per heavy atom. The third kappa shape index (κ3) is 7.66. The quantitative estimate of drug-likeness (QED) is 0.171. The van der Waals surface area contributed by atoms with Crippen LogP contribution in [0.3, 0.4) is 0 Å². The first-order valence-corrected chi connectivity index (χ1v) is 13.1. The average molecular weight is 515 g/mol. The van der Waals surface area contributed by atoms with Crippen molar-refractivity contribution in [2.45, 2.75) is 76.5 Å². The number of imide groups is 1. The van der Waals surface area contributed by atoms with Gasteiger partial charge in [0.05, 0.1) is 6.61 Å². The van der Waals surface area contributed by atoms with Gasteiger partial charge in [-0.05, 0) is 38.2 Å². The van der Waals surface area contributed by atoms with Crippen molar-refractivity contribution in [3.8, 4) is 0 Å². The monoisotopic (exact) mass is 514 g/mol. The van der Waals surface area contributed by atoms with Crippen LogP contribution in [0, 0.1) is 0 Å². The summed E-state index contributed by atoms with van der Waals surface area (Å²) in [5.74, 6) is -2.59. The van der Waals surface area contributed by atoms with Crippen LogP contribution in [-0.2, 0) is 38.3 Å². The summed E-state index contributed by atoms with van der Waals surface area (Å²) in [4.78, 5) is 80.0. The molecule has 1 unspecified atom stereocenters. The molecule has 12 nitrogen and oxygen atoms in total. The highest BCUT2D eigenvalue weighted by atomic mass is 32.2. The van der Waals surface area contributed by atoms with Gasteiger partial charge in [0.1, 0.15) is 12.1 Å². The fourth-order valence-electron chi connectivity index (χ4n) is 3.93. The van der Waals surface area contributed by atoms with Crippen molar-refractivity contribution in [1.29, 1.82) is 0 Å². The number of amides is 5. The Morgan fingerprint density at radius 3 is 2.51 bits per heavy atom. The first kappa shape index (κ1) is 28.6. The molecule has 0 bridgehead atoms. The van der Waals surface area contributed by atoms with Crippen LogP contribution in [0.4, 0.5) is 0 Å². The highest BCUT2D eigenvalue weighted by molar-refractivity contribution is 7.98. The molecule has 2 fully saturated rings. The van der Waals surface area contributed by atoms with Gasteiger partial charge in [0.25, 0.3) is 11.8 Å². The number of hydroxylamine groups is 2. The molecule has 13 heteroatoms. The molecule has 35 heavy (non-hydrogen) atoms. The lowest BCUT2D eigenvalue weighted by Gasteiger charge is -2.30. The van der Waals surface area contributed by atoms with Gasteiger partial charge in [-0.25, -0.2) is 4.79 Å². The van der Waals surface area contributed by atoms with Crippen molar-refractivity contribution in [3.63, 3.8) is 0 Å². The Labute approximate surface area is 208 Å². The second kappa shape index (κ2) is 14.0. The smallest absolute Gasteiger partial charge is 0.357 e. The summed E-state index contributed by atoms with van der Waals surface area (Å²) in [7, 11) is 0. The summed E-state index contributed by atoms with van der Waals surface area (Å²) in [5, 5.41) is 5.57. The number of ether oxygens (including phenoxy) is 1. The molecule has 0 aromatic rings. The zero-order chi connectivity index (χ0) is 26.0. The molecule has 2 rings (SSSR count). The highest BCUT2D eigenvalue weighted by Gasteiger charge is 2.46. The number of nitrogens with one attached hydrogen (secondary N) is 2. The molecule has 2 saturated heterocycles. The standard InChI is InChI=1S/C22H34N4O8S/c1-4-5-9-33-12-17(22(32)34-26-18(28)6-7-19(26)29)25-14(2)11-16(21(25)31)24-20(30)15(23-13-27)8-10-35-3/h13-17H,4-12H2,1-3H3,(H,23,27)(H,24,30)/t14?,15-,16-,17-/m0/s1. The first-order chi connectivity index (χ1) is 16.7. The molecule has 0 aromatic carbocycles. The largest absolute Gasteiger partial charge is 0.379 e. The van der Waals surface area contributed by atoms with E-state index in [2.05, 4.69) is 10.6 Å². The van der Waals surface area contributed by atoms with E-state index in [9.17, 15) is 28.8 Å². The molecule has 2 aliphatic heterocycles. The van der Waals surface area contributed by atoms with Crippen LogP contribution < -0.4 is 10.6 Å². The van der Waals surface area contributed by atoms with E-state index in [4.69, 9.17) is 9.57 Å². The Hall–Kier alpha value is -2.67. The maximum Gasteiger partial charge on any atom is 0.357 e. The van der Waals surface area contributed by atoms with E-state index in [1.807, 2.05) is 13.2 Å². The molecule has 0 spiro atoms. The summed E-state index contributed by atoms with van der Waals surface area (Å²) >= 11 is 1.52. The summed E-state index contributed by atoms with van der Waals surface area (Å²) in [6, 6.07) is -3.38. The zero-order valence-corrected chi connectivity index (χ0v) is 21.1. The van der Waals surface area contributed by atoms with Gasteiger partial charge < -0.3 is 25.1 Å². The van der Waals surface area contributed by atoms with Crippen molar-refractivity contribution in [2.24, 2.45) is 0 Å². The Bertz CT molecular complexity index is 794. The number of carbonyl (C=O) groups excluding carboxylic acids is 6. The molecule has 2 aliphatic rings. The second-order valence-electron chi connectivity index (χ2n) is 8.45. The second-order valence-corrected chi connectivity index (χ2v) is 9.43.